The first-order valence-corrected chi connectivity index (χ1v) is 6.42. The van der Waals surface area contributed by atoms with Crippen LogP contribution in [0.2, 0.25) is 10.0 Å². The van der Waals surface area contributed by atoms with Crippen LogP contribution in [-0.2, 0) is 6.61 Å². The molecule has 96 valence electrons. The predicted octanol–water partition coefficient (Wildman–Crippen LogP) is 4.35. The highest BCUT2D eigenvalue weighted by atomic mass is 35.5. The summed E-state index contributed by atoms with van der Waals surface area (Å²) in [4.78, 5) is 0. The van der Waals surface area contributed by atoms with Crippen molar-refractivity contribution in [3.8, 4) is 5.75 Å². The zero-order chi connectivity index (χ0) is 13.1. The minimum absolute atomic E-state index is 0.317. The minimum Gasteiger partial charge on any atom is -0.486 e. The number of halogens is 2. The molecule has 0 fully saturated rings. The van der Waals surface area contributed by atoms with Gasteiger partial charge < -0.3 is 4.74 Å². The maximum atomic E-state index is 6.06. The normalized spacial score (nSPS) is 10.9. The maximum Gasteiger partial charge on any atom is 0.157 e. The molecule has 0 N–H and O–H groups in total. The van der Waals surface area contributed by atoms with E-state index in [-0.39, 0.29) is 0 Å². The van der Waals surface area contributed by atoms with E-state index in [1.165, 1.54) is 0 Å². The molecule has 18 heavy (non-hydrogen) atoms. The number of nitrogens with zero attached hydrogens (tertiary/aromatic N) is 2. The summed E-state index contributed by atoms with van der Waals surface area (Å²) in [6, 6.07) is 5.64. The molecule has 0 atom stereocenters. The van der Waals surface area contributed by atoms with Crippen LogP contribution in [0.15, 0.2) is 30.6 Å². The highest BCUT2D eigenvalue weighted by Gasteiger charge is 2.05. The third-order valence-corrected chi connectivity index (χ3v) is 3.11. The quantitative estimate of drug-likeness (QED) is 0.835. The zero-order valence-electron chi connectivity index (χ0n) is 10.2. The van der Waals surface area contributed by atoms with Crippen LogP contribution in [-0.4, -0.2) is 9.78 Å². The van der Waals surface area contributed by atoms with Crippen molar-refractivity contribution in [1.29, 1.82) is 0 Å². The Labute approximate surface area is 116 Å². The second-order valence-electron chi connectivity index (χ2n) is 4.27. The van der Waals surface area contributed by atoms with Gasteiger partial charge in [0.25, 0.3) is 0 Å². The molecule has 2 rings (SSSR count). The Balaban J connectivity index is 2.04. The van der Waals surface area contributed by atoms with E-state index in [0.29, 0.717) is 22.7 Å². The van der Waals surface area contributed by atoms with Crippen LogP contribution in [0, 0.1) is 0 Å². The molecule has 0 radical (unpaired) electrons. The summed E-state index contributed by atoms with van der Waals surface area (Å²) in [5.74, 6) is 0.722. The van der Waals surface area contributed by atoms with Crippen molar-refractivity contribution in [2.75, 3.05) is 0 Å². The Morgan fingerprint density at radius 2 is 2.11 bits per heavy atom. The van der Waals surface area contributed by atoms with Gasteiger partial charge in [-0.1, -0.05) is 23.2 Å². The van der Waals surface area contributed by atoms with E-state index in [9.17, 15) is 0 Å². The fourth-order valence-electron chi connectivity index (χ4n) is 1.49. The summed E-state index contributed by atoms with van der Waals surface area (Å²) in [7, 11) is 0. The van der Waals surface area contributed by atoms with Crippen molar-refractivity contribution in [3.63, 3.8) is 0 Å². The van der Waals surface area contributed by atoms with Crippen molar-refractivity contribution in [1.82, 2.24) is 9.78 Å². The van der Waals surface area contributed by atoms with Gasteiger partial charge in [-0.2, -0.15) is 5.10 Å². The van der Waals surface area contributed by atoms with E-state index in [4.69, 9.17) is 27.9 Å². The van der Waals surface area contributed by atoms with E-state index in [1.807, 2.05) is 10.9 Å². The van der Waals surface area contributed by atoms with E-state index in [0.717, 1.165) is 11.3 Å². The first-order valence-electron chi connectivity index (χ1n) is 5.67. The first-order chi connectivity index (χ1) is 8.56. The van der Waals surface area contributed by atoms with Crippen LogP contribution < -0.4 is 4.74 Å². The Morgan fingerprint density at radius 1 is 1.33 bits per heavy atom. The lowest BCUT2D eigenvalue weighted by atomic mass is 10.2. The Hall–Kier alpha value is -1.19. The summed E-state index contributed by atoms with van der Waals surface area (Å²) in [5, 5.41) is 5.50. The monoisotopic (exact) mass is 284 g/mol. The number of aromatic nitrogens is 2. The molecule has 0 saturated heterocycles. The molecule has 0 bridgehead atoms. The molecule has 0 unspecified atom stereocenters. The maximum absolute atomic E-state index is 6.06. The minimum atomic E-state index is 0.317. The van der Waals surface area contributed by atoms with Gasteiger partial charge in [-0.25, -0.2) is 0 Å². The van der Waals surface area contributed by atoms with Crippen molar-refractivity contribution in [2.45, 2.75) is 26.5 Å². The van der Waals surface area contributed by atoms with Crippen molar-refractivity contribution in [2.24, 2.45) is 0 Å². The van der Waals surface area contributed by atoms with Gasteiger partial charge in [0.2, 0.25) is 0 Å². The third-order valence-electron chi connectivity index (χ3n) is 2.51. The Morgan fingerprint density at radius 3 is 2.78 bits per heavy atom. The molecule has 0 aliphatic heterocycles. The van der Waals surface area contributed by atoms with Crippen molar-refractivity contribution < 1.29 is 4.74 Å². The second kappa shape index (κ2) is 5.63. The highest BCUT2D eigenvalue weighted by molar-refractivity contribution is 6.33. The molecule has 1 aromatic heterocycles. The summed E-state index contributed by atoms with van der Waals surface area (Å²) >= 11 is 12.0. The van der Waals surface area contributed by atoms with Crippen LogP contribution >= 0.6 is 23.2 Å². The van der Waals surface area contributed by atoms with Crippen LogP contribution in [0.1, 0.15) is 25.5 Å². The van der Waals surface area contributed by atoms with E-state index < -0.39 is 0 Å². The topological polar surface area (TPSA) is 27.1 Å². The smallest absolute Gasteiger partial charge is 0.157 e. The van der Waals surface area contributed by atoms with E-state index >= 15 is 0 Å². The molecule has 0 spiro atoms. The predicted molar refractivity (Wildman–Crippen MR) is 73.4 cm³/mol. The van der Waals surface area contributed by atoms with Crippen molar-refractivity contribution >= 4 is 23.2 Å². The Kier molecular flexibility index (Phi) is 4.15. The number of hydrogen-bond donors (Lipinski definition) is 0. The van der Waals surface area contributed by atoms with Gasteiger partial charge in [-0.05, 0) is 32.0 Å². The molecular weight excluding hydrogens is 271 g/mol. The van der Waals surface area contributed by atoms with Crippen LogP contribution in [0.4, 0.5) is 0 Å². The van der Waals surface area contributed by atoms with Gasteiger partial charge in [-0.3, -0.25) is 4.68 Å². The lowest BCUT2D eigenvalue weighted by molar-refractivity contribution is 0.305. The van der Waals surface area contributed by atoms with Crippen LogP contribution in [0.3, 0.4) is 0 Å². The molecule has 0 aliphatic rings. The molecule has 0 amide bonds. The van der Waals surface area contributed by atoms with Gasteiger partial charge in [0, 0.05) is 21.7 Å². The average Bonchev–Trinajstić information content (AvgIpc) is 2.79. The largest absolute Gasteiger partial charge is 0.486 e. The number of hydrogen-bond acceptors (Lipinski definition) is 2. The number of benzene rings is 1. The van der Waals surface area contributed by atoms with Gasteiger partial charge in [0.15, 0.2) is 5.75 Å². The highest BCUT2D eigenvalue weighted by Crippen LogP contribution is 2.22. The van der Waals surface area contributed by atoms with Gasteiger partial charge in [-0.15, -0.1) is 0 Å². The number of rotatable bonds is 4. The Bertz CT molecular complexity index is 538. The average molecular weight is 285 g/mol. The summed E-state index contributed by atoms with van der Waals surface area (Å²) in [5.41, 5.74) is 0.862. The first kappa shape index (κ1) is 13.2. The summed E-state index contributed by atoms with van der Waals surface area (Å²) in [6.45, 7) is 4.50. The molecule has 5 heteroatoms. The fourth-order valence-corrected chi connectivity index (χ4v) is 1.86. The van der Waals surface area contributed by atoms with E-state index in [1.54, 1.807) is 24.4 Å². The molecular formula is C13H14Cl2N2O. The molecule has 1 aromatic carbocycles. The number of ether oxygens (including phenoxy) is 1. The molecule has 0 saturated carbocycles. The van der Waals surface area contributed by atoms with Gasteiger partial charge in [0.05, 0.1) is 12.4 Å². The summed E-state index contributed by atoms with van der Waals surface area (Å²) in [6.07, 6.45) is 3.56. The SMILES string of the molecule is CC(C)n1cc(OCc2cc(Cl)ccc2Cl)cn1. The lowest BCUT2D eigenvalue weighted by Crippen LogP contribution is -2.00. The molecule has 0 aliphatic carbocycles. The molecule has 1 heterocycles. The standard InChI is InChI=1S/C13H14Cl2N2O/c1-9(2)17-7-12(6-16-17)18-8-10-5-11(14)3-4-13(10)15/h3-7,9H,8H2,1-2H3. The zero-order valence-corrected chi connectivity index (χ0v) is 11.7. The third kappa shape index (κ3) is 3.18. The fraction of sp³-hybridized carbons (Fsp3) is 0.308. The molecule has 2 aromatic rings. The van der Waals surface area contributed by atoms with Gasteiger partial charge >= 0.3 is 0 Å². The van der Waals surface area contributed by atoms with Gasteiger partial charge in [0.1, 0.15) is 6.61 Å². The van der Waals surface area contributed by atoms with E-state index in [2.05, 4.69) is 18.9 Å². The van der Waals surface area contributed by atoms with Crippen LogP contribution in [0.5, 0.6) is 5.75 Å². The molecule has 3 nitrogen and oxygen atoms in total. The summed E-state index contributed by atoms with van der Waals surface area (Å²) < 4.78 is 7.47. The van der Waals surface area contributed by atoms with Crippen molar-refractivity contribution in [3.05, 3.63) is 46.2 Å². The second-order valence-corrected chi connectivity index (χ2v) is 5.12. The lowest BCUT2D eigenvalue weighted by Gasteiger charge is -2.06. The van der Waals surface area contributed by atoms with Crippen LogP contribution in [0.25, 0.3) is 0 Å².